The minimum absolute atomic E-state index is 0.254. The van der Waals surface area contributed by atoms with Crippen LogP contribution in [0.4, 0.5) is 0 Å². The topological polar surface area (TPSA) is 32.3 Å². The molecule has 0 saturated carbocycles. The van der Waals surface area contributed by atoms with E-state index in [2.05, 4.69) is 47.5 Å². The summed E-state index contributed by atoms with van der Waals surface area (Å²) in [4.78, 5) is 14.9. The largest absolute Gasteiger partial charge is 0.339 e. The first-order valence-corrected chi connectivity index (χ1v) is 8.31. The highest BCUT2D eigenvalue weighted by molar-refractivity contribution is 5.79. The SMILES string of the molecule is CC1C(Cc2ccccc2)CCN1C(=O)C1CCNCC1. The van der Waals surface area contributed by atoms with Crippen molar-refractivity contribution in [1.82, 2.24) is 10.2 Å². The Kier molecular flexibility index (Phi) is 4.59. The molecule has 2 heterocycles. The van der Waals surface area contributed by atoms with Gasteiger partial charge in [-0.25, -0.2) is 0 Å². The van der Waals surface area contributed by atoms with E-state index in [4.69, 9.17) is 0 Å². The van der Waals surface area contributed by atoms with Crippen molar-refractivity contribution in [3.05, 3.63) is 35.9 Å². The van der Waals surface area contributed by atoms with E-state index in [0.29, 0.717) is 17.9 Å². The molecule has 2 unspecified atom stereocenters. The van der Waals surface area contributed by atoms with Crippen molar-refractivity contribution >= 4 is 5.91 Å². The zero-order valence-electron chi connectivity index (χ0n) is 12.9. The van der Waals surface area contributed by atoms with Gasteiger partial charge in [0.15, 0.2) is 0 Å². The minimum atomic E-state index is 0.254. The van der Waals surface area contributed by atoms with Crippen LogP contribution in [0.15, 0.2) is 30.3 Å². The number of amides is 1. The first-order valence-electron chi connectivity index (χ1n) is 8.31. The Labute approximate surface area is 127 Å². The number of piperidine rings is 1. The molecule has 1 amide bonds. The van der Waals surface area contributed by atoms with Gasteiger partial charge in [-0.1, -0.05) is 30.3 Å². The Hall–Kier alpha value is -1.35. The predicted octanol–water partition coefficient (Wildman–Crippen LogP) is 2.47. The van der Waals surface area contributed by atoms with Gasteiger partial charge in [-0.05, 0) is 57.2 Å². The molecule has 3 rings (SSSR count). The van der Waals surface area contributed by atoms with Gasteiger partial charge in [0.25, 0.3) is 0 Å². The van der Waals surface area contributed by atoms with Crippen molar-refractivity contribution < 1.29 is 4.79 Å². The highest BCUT2D eigenvalue weighted by atomic mass is 16.2. The van der Waals surface area contributed by atoms with Gasteiger partial charge < -0.3 is 10.2 Å². The number of likely N-dealkylation sites (tertiary alicyclic amines) is 1. The molecule has 114 valence electrons. The lowest BCUT2D eigenvalue weighted by molar-refractivity contribution is -0.137. The highest BCUT2D eigenvalue weighted by Crippen LogP contribution is 2.30. The van der Waals surface area contributed by atoms with E-state index in [9.17, 15) is 4.79 Å². The molecule has 2 aliphatic heterocycles. The van der Waals surface area contributed by atoms with Gasteiger partial charge in [0, 0.05) is 18.5 Å². The van der Waals surface area contributed by atoms with Crippen molar-refractivity contribution in [3.8, 4) is 0 Å². The molecule has 0 aromatic heterocycles. The van der Waals surface area contributed by atoms with Crippen molar-refractivity contribution in [1.29, 1.82) is 0 Å². The number of hydrogen-bond donors (Lipinski definition) is 1. The third kappa shape index (κ3) is 3.29. The summed E-state index contributed by atoms with van der Waals surface area (Å²) in [5.74, 6) is 1.27. The summed E-state index contributed by atoms with van der Waals surface area (Å²) in [7, 11) is 0. The second kappa shape index (κ2) is 6.61. The molecule has 21 heavy (non-hydrogen) atoms. The van der Waals surface area contributed by atoms with Crippen LogP contribution in [0.5, 0.6) is 0 Å². The number of rotatable bonds is 3. The molecule has 1 aromatic carbocycles. The molecule has 0 radical (unpaired) electrons. The summed E-state index contributed by atoms with van der Waals surface area (Å²) >= 11 is 0. The van der Waals surface area contributed by atoms with Crippen LogP contribution in [0.3, 0.4) is 0 Å². The fourth-order valence-electron chi connectivity index (χ4n) is 3.81. The molecule has 3 heteroatoms. The number of nitrogens with one attached hydrogen (secondary N) is 1. The molecular formula is C18H26N2O. The van der Waals surface area contributed by atoms with Gasteiger partial charge in [-0.3, -0.25) is 4.79 Å². The van der Waals surface area contributed by atoms with E-state index in [1.165, 1.54) is 5.56 Å². The van der Waals surface area contributed by atoms with Crippen LogP contribution in [0.1, 0.15) is 31.7 Å². The van der Waals surface area contributed by atoms with Crippen LogP contribution in [0, 0.1) is 11.8 Å². The summed E-state index contributed by atoms with van der Waals surface area (Å²) in [5.41, 5.74) is 1.39. The Morgan fingerprint density at radius 3 is 2.62 bits per heavy atom. The molecule has 0 aliphatic carbocycles. The van der Waals surface area contributed by atoms with E-state index in [0.717, 1.165) is 45.3 Å². The molecule has 0 spiro atoms. The van der Waals surface area contributed by atoms with Gasteiger partial charge in [0.05, 0.1) is 0 Å². The van der Waals surface area contributed by atoms with E-state index >= 15 is 0 Å². The molecule has 1 N–H and O–H groups in total. The fraction of sp³-hybridized carbons (Fsp3) is 0.611. The van der Waals surface area contributed by atoms with Crippen LogP contribution in [-0.2, 0) is 11.2 Å². The predicted molar refractivity (Wildman–Crippen MR) is 85.0 cm³/mol. The van der Waals surface area contributed by atoms with E-state index < -0.39 is 0 Å². The van der Waals surface area contributed by atoms with E-state index in [1.54, 1.807) is 0 Å². The maximum Gasteiger partial charge on any atom is 0.226 e. The number of benzene rings is 1. The first kappa shape index (κ1) is 14.6. The number of hydrogen-bond acceptors (Lipinski definition) is 2. The monoisotopic (exact) mass is 286 g/mol. The highest BCUT2D eigenvalue weighted by Gasteiger charge is 2.36. The Balaban J connectivity index is 1.60. The molecule has 0 bridgehead atoms. The van der Waals surface area contributed by atoms with Gasteiger partial charge in [-0.15, -0.1) is 0 Å². The first-order chi connectivity index (χ1) is 10.3. The molecule has 1 aromatic rings. The molecule has 2 atom stereocenters. The Morgan fingerprint density at radius 2 is 1.90 bits per heavy atom. The van der Waals surface area contributed by atoms with Crippen molar-refractivity contribution in [2.24, 2.45) is 11.8 Å². The van der Waals surface area contributed by atoms with Crippen LogP contribution >= 0.6 is 0 Å². The zero-order valence-corrected chi connectivity index (χ0v) is 12.9. The van der Waals surface area contributed by atoms with Crippen LogP contribution in [0.25, 0.3) is 0 Å². The Bertz CT molecular complexity index is 467. The van der Waals surface area contributed by atoms with Crippen molar-refractivity contribution in [2.75, 3.05) is 19.6 Å². The normalized spacial score (nSPS) is 27.0. The smallest absolute Gasteiger partial charge is 0.226 e. The fourth-order valence-corrected chi connectivity index (χ4v) is 3.81. The lowest BCUT2D eigenvalue weighted by Gasteiger charge is -2.30. The number of carbonyl (C=O) groups is 1. The van der Waals surface area contributed by atoms with Crippen molar-refractivity contribution in [2.45, 2.75) is 38.6 Å². The quantitative estimate of drug-likeness (QED) is 0.926. The van der Waals surface area contributed by atoms with Crippen LogP contribution in [0.2, 0.25) is 0 Å². The van der Waals surface area contributed by atoms with Crippen LogP contribution in [-0.4, -0.2) is 36.5 Å². The number of nitrogens with zero attached hydrogens (tertiary/aromatic N) is 1. The molecule has 3 nitrogen and oxygen atoms in total. The molecule has 2 fully saturated rings. The minimum Gasteiger partial charge on any atom is -0.339 e. The second-order valence-corrected chi connectivity index (χ2v) is 6.53. The maximum atomic E-state index is 12.7. The molecular weight excluding hydrogens is 260 g/mol. The second-order valence-electron chi connectivity index (χ2n) is 6.53. The maximum absolute atomic E-state index is 12.7. The van der Waals surface area contributed by atoms with E-state index in [-0.39, 0.29) is 5.92 Å². The summed E-state index contributed by atoms with van der Waals surface area (Å²) in [5, 5.41) is 3.34. The van der Waals surface area contributed by atoms with Gasteiger partial charge in [0.2, 0.25) is 5.91 Å². The summed E-state index contributed by atoms with van der Waals surface area (Å²) in [6.45, 7) is 5.17. The van der Waals surface area contributed by atoms with E-state index in [1.807, 2.05) is 0 Å². The third-order valence-electron chi connectivity index (χ3n) is 5.23. The molecule has 2 saturated heterocycles. The summed E-state index contributed by atoms with van der Waals surface area (Å²) in [6, 6.07) is 11.1. The summed E-state index contributed by atoms with van der Waals surface area (Å²) in [6.07, 6.45) is 4.25. The van der Waals surface area contributed by atoms with Gasteiger partial charge >= 0.3 is 0 Å². The Morgan fingerprint density at radius 1 is 1.19 bits per heavy atom. The van der Waals surface area contributed by atoms with Gasteiger partial charge in [0.1, 0.15) is 0 Å². The lowest BCUT2D eigenvalue weighted by Crippen LogP contribution is -2.43. The zero-order chi connectivity index (χ0) is 14.7. The average Bonchev–Trinajstić information content (AvgIpc) is 2.89. The standard InChI is InChI=1S/C18H26N2O/c1-14-17(13-15-5-3-2-4-6-15)9-12-20(14)18(21)16-7-10-19-11-8-16/h2-6,14,16-17,19H,7-13H2,1H3. The molecule has 2 aliphatic rings. The lowest BCUT2D eigenvalue weighted by atomic mass is 9.92. The van der Waals surface area contributed by atoms with Gasteiger partial charge in [-0.2, -0.15) is 0 Å². The summed E-state index contributed by atoms with van der Waals surface area (Å²) < 4.78 is 0. The van der Waals surface area contributed by atoms with Crippen molar-refractivity contribution in [3.63, 3.8) is 0 Å². The average molecular weight is 286 g/mol. The third-order valence-corrected chi connectivity index (χ3v) is 5.23. The van der Waals surface area contributed by atoms with Crippen LogP contribution < -0.4 is 5.32 Å². The number of carbonyl (C=O) groups excluding carboxylic acids is 1.